The topological polar surface area (TPSA) is 60.4 Å². The van der Waals surface area contributed by atoms with E-state index in [1.54, 1.807) is 24.3 Å². The van der Waals surface area contributed by atoms with Gasteiger partial charge in [0.15, 0.2) is 15.6 Å². The van der Waals surface area contributed by atoms with Crippen LogP contribution in [0.25, 0.3) is 0 Å². The van der Waals surface area contributed by atoms with Gasteiger partial charge in [-0.3, -0.25) is 4.79 Å². The van der Waals surface area contributed by atoms with Gasteiger partial charge in [0.05, 0.1) is 7.11 Å². The summed E-state index contributed by atoms with van der Waals surface area (Å²) < 4.78 is 29.9. The Balaban J connectivity index is 2.33. The van der Waals surface area contributed by atoms with E-state index in [-0.39, 0.29) is 16.4 Å². The Bertz CT molecular complexity index is 773. The number of rotatable bonds is 5. The molecule has 1 aromatic carbocycles. The molecule has 2 aromatic rings. The third kappa shape index (κ3) is 3.33. The summed E-state index contributed by atoms with van der Waals surface area (Å²) in [7, 11) is -2.32. The van der Waals surface area contributed by atoms with Crippen LogP contribution >= 0.6 is 11.3 Å². The first-order valence-corrected chi connectivity index (χ1v) is 8.78. The highest BCUT2D eigenvalue weighted by molar-refractivity contribution is 7.92. The summed E-state index contributed by atoms with van der Waals surface area (Å²) in [5.41, 5.74) is 0.482. The first-order valence-electron chi connectivity index (χ1n) is 6.31. The molecule has 1 aromatic heterocycles. The Morgan fingerprint density at radius 1 is 1.24 bits per heavy atom. The molecule has 0 aliphatic rings. The van der Waals surface area contributed by atoms with Crippen molar-refractivity contribution in [2.24, 2.45) is 0 Å². The highest BCUT2D eigenvalue weighted by atomic mass is 32.2. The number of thiophene rings is 1. The second-order valence-corrected chi connectivity index (χ2v) is 8.08. The summed E-state index contributed by atoms with van der Waals surface area (Å²) in [6.45, 7) is 3.71. The normalized spacial score (nSPS) is 11.4. The number of hydrogen-bond donors (Lipinski definition) is 0. The van der Waals surface area contributed by atoms with Gasteiger partial charge in [0.2, 0.25) is 0 Å². The fourth-order valence-electron chi connectivity index (χ4n) is 2.11. The van der Waals surface area contributed by atoms with Crippen LogP contribution in [0, 0.1) is 13.8 Å². The average Bonchev–Trinajstić information content (AvgIpc) is 2.77. The maximum Gasteiger partial charge on any atom is 0.189 e. The van der Waals surface area contributed by atoms with Crippen molar-refractivity contribution in [3.05, 3.63) is 45.6 Å². The maximum atomic E-state index is 12.4. The lowest BCUT2D eigenvalue weighted by Crippen LogP contribution is -2.17. The lowest BCUT2D eigenvalue weighted by molar-refractivity contribution is 0.102. The van der Waals surface area contributed by atoms with E-state index in [4.69, 9.17) is 4.74 Å². The first-order chi connectivity index (χ1) is 9.85. The van der Waals surface area contributed by atoms with Crippen molar-refractivity contribution >= 4 is 27.0 Å². The molecule has 0 fully saturated rings. The Morgan fingerprint density at radius 2 is 1.90 bits per heavy atom. The summed E-state index contributed by atoms with van der Waals surface area (Å²) in [5, 5.41) is 0. The zero-order valence-corrected chi connectivity index (χ0v) is 13.7. The quantitative estimate of drug-likeness (QED) is 0.793. The predicted octanol–water partition coefficient (Wildman–Crippen LogP) is 3.03. The van der Waals surface area contributed by atoms with Gasteiger partial charge in [-0.15, -0.1) is 11.3 Å². The van der Waals surface area contributed by atoms with E-state index in [0.29, 0.717) is 5.56 Å². The SMILES string of the molecule is COc1ccccc1S(=O)(=O)CC(=O)c1cc(C)sc1C. The third-order valence-corrected chi connectivity index (χ3v) is 5.68. The zero-order valence-electron chi connectivity index (χ0n) is 12.0. The van der Waals surface area contributed by atoms with E-state index in [1.807, 2.05) is 13.8 Å². The van der Waals surface area contributed by atoms with Crippen molar-refractivity contribution in [2.45, 2.75) is 18.7 Å². The first kappa shape index (κ1) is 15.7. The standard InChI is InChI=1S/C15H16O4S2/c1-10-8-12(11(2)20-10)13(16)9-21(17,18)15-7-5-4-6-14(15)19-3/h4-8H,9H2,1-3H3. The van der Waals surface area contributed by atoms with Gasteiger partial charge in [-0.25, -0.2) is 8.42 Å². The van der Waals surface area contributed by atoms with Gasteiger partial charge in [0, 0.05) is 15.3 Å². The number of hydrogen-bond acceptors (Lipinski definition) is 5. The lowest BCUT2D eigenvalue weighted by atomic mass is 10.2. The number of benzene rings is 1. The summed E-state index contributed by atoms with van der Waals surface area (Å²) >= 11 is 1.49. The van der Waals surface area contributed by atoms with Gasteiger partial charge in [-0.05, 0) is 32.0 Å². The van der Waals surface area contributed by atoms with Crippen molar-refractivity contribution < 1.29 is 17.9 Å². The molecule has 0 radical (unpaired) electrons. The molecule has 0 saturated heterocycles. The predicted molar refractivity (Wildman–Crippen MR) is 83.2 cm³/mol. The highest BCUT2D eigenvalue weighted by Gasteiger charge is 2.25. The number of Topliss-reactive ketones (excluding diaryl/α,β-unsaturated/α-hetero) is 1. The minimum absolute atomic E-state index is 0.0467. The molecule has 6 heteroatoms. The average molecular weight is 324 g/mol. The van der Waals surface area contributed by atoms with Crippen LogP contribution in [-0.4, -0.2) is 27.1 Å². The van der Waals surface area contributed by atoms with Crippen molar-refractivity contribution in [3.8, 4) is 5.75 Å². The summed E-state index contributed by atoms with van der Waals surface area (Å²) in [4.78, 5) is 14.1. The number of carbonyl (C=O) groups is 1. The van der Waals surface area contributed by atoms with Crippen LogP contribution in [0.15, 0.2) is 35.2 Å². The number of aryl methyl sites for hydroxylation is 2. The van der Waals surface area contributed by atoms with Crippen LogP contribution < -0.4 is 4.74 Å². The molecule has 0 spiro atoms. The second-order valence-electron chi connectivity index (χ2n) is 4.66. The smallest absolute Gasteiger partial charge is 0.189 e. The van der Waals surface area contributed by atoms with Gasteiger partial charge in [-0.2, -0.15) is 0 Å². The molecule has 4 nitrogen and oxygen atoms in total. The number of ketones is 1. The molecular weight excluding hydrogens is 308 g/mol. The molecule has 0 aliphatic heterocycles. The van der Waals surface area contributed by atoms with E-state index in [1.165, 1.54) is 24.5 Å². The molecule has 2 rings (SSSR count). The molecule has 0 aliphatic carbocycles. The van der Waals surface area contributed by atoms with Crippen molar-refractivity contribution in [2.75, 3.05) is 12.9 Å². The van der Waals surface area contributed by atoms with E-state index in [9.17, 15) is 13.2 Å². The van der Waals surface area contributed by atoms with E-state index in [2.05, 4.69) is 0 Å². The summed E-state index contributed by atoms with van der Waals surface area (Å²) in [5.74, 6) is -0.684. The van der Waals surface area contributed by atoms with Crippen LogP contribution in [0.3, 0.4) is 0 Å². The molecule has 112 valence electrons. The van der Waals surface area contributed by atoms with Gasteiger partial charge in [0.1, 0.15) is 16.4 Å². The Labute approximate surface area is 128 Å². The number of methoxy groups -OCH3 is 1. The zero-order chi connectivity index (χ0) is 15.6. The van der Waals surface area contributed by atoms with Crippen LogP contribution in [0.4, 0.5) is 0 Å². The van der Waals surface area contributed by atoms with Crippen molar-refractivity contribution in [1.29, 1.82) is 0 Å². The maximum absolute atomic E-state index is 12.4. The molecule has 0 bridgehead atoms. The number of ether oxygens (including phenoxy) is 1. The fraction of sp³-hybridized carbons (Fsp3) is 0.267. The van der Waals surface area contributed by atoms with Crippen LogP contribution in [-0.2, 0) is 9.84 Å². The molecule has 1 heterocycles. The molecule has 0 N–H and O–H groups in total. The van der Waals surface area contributed by atoms with E-state index < -0.39 is 15.6 Å². The Morgan fingerprint density at radius 3 is 2.48 bits per heavy atom. The monoisotopic (exact) mass is 324 g/mol. The molecule has 0 atom stereocenters. The Kier molecular flexibility index (Phi) is 4.49. The fourth-order valence-corrected chi connectivity index (χ4v) is 4.45. The molecular formula is C15H16O4S2. The van der Waals surface area contributed by atoms with Gasteiger partial charge >= 0.3 is 0 Å². The largest absolute Gasteiger partial charge is 0.495 e. The lowest BCUT2D eigenvalue weighted by Gasteiger charge is -2.08. The van der Waals surface area contributed by atoms with E-state index >= 15 is 0 Å². The highest BCUT2D eigenvalue weighted by Crippen LogP contribution is 2.26. The van der Waals surface area contributed by atoms with Gasteiger partial charge in [0.25, 0.3) is 0 Å². The molecule has 0 unspecified atom stereocenters. The van der Waals surface area contributed by atoms with Crippen molar-refractivity contribution in [1.82, 2.24) is 0 Å². The van der Waals surface area contributed by atoms with Crippen LogP contribution in [0.1, 0.15) is 20.1 Å². The number of carbonyl (C=O) groups excluding carboxylic acids is 1. The molecule has 0 amide bonds. The Hall–Kier alpha value is -1.66. The minimum Gasteiger partial charge on any atom is -0.495 e. The van der Waals surface area contributed by atoms with Gasteiger partial charge < -0.3 is 4.74 Å². The summed E-state index contributed by atoms with van der Waals surface area (Å²) in [6.07, 6.45) is 0. The van der Waals surface area contributed by atoms with Gasteiger partial charge in [-0.1, -0.05) is 12.1 Å². The van der Waals surface area contributed by atoms with Crippen LogP contribution in [0.2, 0.25) is 0 Å². The molecule has 21 heavy (non-hydrogen) atoms. The number of sulfone groups is 1. The third-order valence-electron chi connectivity index (χ3n) is 3.07. The second kappa shape index (κ2) is 5.99. The van der Waals surface area contributed by atoms with E-state index in [0.717, 1.165) is 9.75 Å². The number of para-hydroxylation sites is 1. The van der Waals surface area contributed by atoms with Crippen molar-refractivity contribution in [3.63, 3.8) is 0 Å². The minimum atomic E-state index is -3.73. The van der Waals surface area contributed by atoms with Crippen LogP contribution in [0.5, 0.6) is 5.75 Å². The molecule has 0 saturated carbocycles. The summed E-state index contributed by atoms with van der Waals surface area (Å²) in [6, 6.07) is 8.05.